The Kier molecular flexibility index (Phi) is 4.02. The maximum absolute atomic E-state index is 6.32. The van der Waals surface area contributed by atoms with E-state index in [1.165, 1.54) is 0 Å². The summed E-state index contributed by atoms with van der Waals surface area (Å²) < 4.78 is 25.5. The van der Waals surface area contributed by atoms with Crippen molar-refractivity contribution in [3.8, 4) is 5.75 Å². The Hall–Kier alpha value is -2.02. The summed E-state index contributed by atoms with van der Waals surface area (Å²) in [5, 5.41) is 2.19. The van der Waals surface area contributed by atoms with E-state index in [1.54, 1.807) is 7.11 Å². The number of rotatable bonds is 4. The first kappa shape index (κ1) is 17.4. The molecule has 1 aromatic carbocycles. The van der Waals surface area contributed by atoms with Crippen LogP contribution >= 0.6 is 0 Å². The van der Waals surface area contributed by atoms with E-state index < -0.39 is 18.3 Å². The summed E-state index contributed by atoms with van der Waals surface area (Å²) in [6.07, 6.45) is 4.09. The fraction of sp³-hybridized carbons (Fsp3) is 0.400. The predicted octanol–water partition coefficient (Wildman–Crippen LogP) is 3.37. The van der Waals surface area contributed by atoms with Crippen LogP contribution in [0, 0.1) is 0 Å². The molecule has 3 aromatic rings. The maximum atomic E-state index is 6.32. The average Bonchev–Trinajstić information content (AvgIpc) is 3.14. The van der Waals surface area contributed by atoms with Gasteiger partial charge in [-0.05, 0) is 68.9 Å². The minimum Gasteiger partial charge on any atom is -0.468 e. The third-order valence-corrected chi connectivity index (χ3v) is 5.47. The molecule has 1 aliphatic heterocycles. The molecule has 6 heteroatoms. The molecule has 0 radical (unpaired) electrons. The molecule has 5 nitrogen and oxygen atoms in total. The van der Waals surface area contributed by atoms with Crippen LogP contribution in [0.25, 0.3) is 16.3 Å². The first-order valence-corrected chi connectivity index (χ1v) is 8.83. The van der Waals surface area contributed by atoms with Gasteiger partial charge in [-0.3, -0.25) is 0 Å². The lowest BCUT2D eigenvalue weighted by Gasteiger charge is -2.32. The van der Waals surface area contributed by atoms with E-state index >= 15 is 0 Å². The van der Waals surface area contributed by atoms with Crippen LogP contribution in [0.5, 0.6) is 5.75 Å². The van der Waals surface area contributed by atoms with Gasteiger partial charge in [0.15, 0.2) is 6.79 Å². The van der Waals surface area contributed by atoms with Crippen LogP contribution in [-0.2, 0) is 14.0 Å². The summed E-state index contributed by atoms with van der Waals surface area (Å²) in [5.74, 6) is 0.736. The molecule has 0 unspecified atom stereocenters. The van der Waals surface area contributed by atoms with Crippen LogP contribution in [-0.4, -0.2) is 36.6 Å². The number of pyridine rings is 1. The second kappa shape index (κ2) is 6.01. The van der Waals surface area contributed by atoms with E-state index in [1.807, 2.05) is 30.6 Å². The fourth-order valence-corrected chi connectivity index (χ4v) is 3.35. The minimum atomic E-state index is -0.463. The molecule has 26 heavy (non-hydrogen) atoms. The van der Waals surface area contributed by atoms with Gasteiger partial charge in [-0.25, -0.2) is 0 Å². The molecule has 0 atom stereocenters. The van der Waals surface area contributed by atoms with Crippen molar-refractivity contribution in [3.05, 3.63) is 42.7 Å². The number of aromatic nitrogens is 1. The van der Waals surface area contributed by atoms with Gasteiger partial charge >= 0.3 is 7.12 Å². The largest absolute Gasteiger partial charge is 0.495 e. The zero-order valence-electron chi connectivity index (χ0n) is 15.9. The summed E-state index contributed by atoms with van der Waals surface area (Å²) in [4.78, 5) is 0. The lowest BCUT2D eigenvalue weighted by molar-refractivity contribution is 0.00578. The maximum Gasteiger partial charge on any atom is 0.495 e. The number of ether oxygens (including phenoxy) is 2. The molecule has 3 heterocycles. The molecular weight excluding hydrogens is 329 g/mol. The SMILES string of the molecule is COCOc1cc(B2OC(C)(C)C(C)(C)O2)c2c(ccn3cccc23)c1. The van der Waals surface area contributed by atoms with Crippen molar-refractivity contribution in [1.29, 1.82) is 0 Å². The molecule has 0 amide bonds. The Bertz CT molecular complexity index is 947. The highest BCUT2D eigenvalue weighted by molar-refractivity contribution is 6.65. The lowest BCUT2D eigenvalue weighted by atomic mass is 9.76. The van der Waals surface area contributed by atoms with Crippen LogP contribution < -0.4 is 10.2 Å². The molecule has 0 spiro atoms. The number of methoxy groups -OCH3 is 1. The molecule has 1 aliphatic rings. The quantitative estimate of drug-likeness (QED) is 0.533. The zero-order chi connectivity index (χ0) is 18.5. The Morgan fingerprint density at radius 1 is 1.04 bits per heavy atom. The van der Waals surface area contributed by atoms with Gasteiger partial charge < -0.3 is 23.2 Å². The number of fused-ring (bicyclic) bond motifs is 3. The highest BCUT2D eigenvalue weighted by atomic mass is 16.7. The second-order valence-corrected chi connectivity index (χ2v) is 7.73. The topological polar surface area (TPSA) is 41.3 Å². The molecule has 1 fully saturated rings. The number of nitrogens with zero attached hydrogens (tertiary/aromatic N) is 1. The van der Waals surface area contributed by atoms with Crippen molar-refractivity contribution in [3.63, 3.8) is 0 Å². The Labute approximate surface area is 153 Å². The van der Waals surface area contributed by atoms with Crippen molar-refractivity contribution >= 4 is 28.9 Å². The fourth-order valence-electron chi connectivity index (χ4n) is 3.35. The van der Waals surface area contributed by atoms with E-state index in [0.29, 0.717) is 0 Å². The van der Waals surface area contributed by atoms with Crippen LogP contribution in [0.3, 0.4) is 0 Å². The summed E-state index contributed by atoms with van der Waals surface area (Å²) in [7, 11) is 1.15. The second-order valence-electron chi connectivity index (χ2n) is 7.73. The normalized spacial score (nSPS) is 18.7. The average molecular weight is 353 g/mol. The molecule has 0 aliphatic carbocycles. The van der Waals surface area contributed by atoms with Crippen molar-refractivity contribution in [2.45, 2.75) is 38.9 Å². The number of benzene rings is 1. The summed E-state index contributed by atoms with van der Waals surface area (Å²) in [5.41, 5.74) is 1.28. The Morgan fingerprint density at radius 3 is 2.46 bits per heavy atom. The van der Waals surface area contributed by atoms with E-state index in [4.69, 9.17) is 18.8 Å². The molecular formula is C20H24BNO4. The van der Waals surface area contributed by atoms with E-state index in [-0.39, 0.29) is 6.79 Å². The zero-order valence-corrected chi connectivity index (χ0v) is 15.9. The smallest absolute Gasteiger partial charge is 0.468 e. The molecule has 0 saturated carbocycles. The minimum absolute atomic E-state index is 0.196. The Morgan fingerprint density at radius 2 is 1.77 bits per heavy atom. The van der Waals surface area contributed by atoms with Crippen molar-refractivity contribution in [2.24, 2.45) is 0 Å². The van der Waals surface area contributed by atoms with Gasteiger partial charge in [-0.2, -0.15) is 0 Å². The van der Waals surface area contributed by atoms with Gasteiger partial charge in [0, 0.05) is 24.9 Å². The molecule has 0 bridgehead atoms. The first-order chi connectivity index (χ1) is 12.3. The highest BCUT2D eigenvalue weighted by Crippen LogP contribution is 2.37. The van der Waals surface area contributed by atoms with E-state index in [0.717, 1.165) is 27.5 Å². The first-order valence-electron chi connectivity index (χ1n) is 8.83. The van der Waals surface area contributed by atoms with Gasteiger partial charge in [-0.15, -0.1) is 0 Å². The van der Waals surface area contributed by atoms with Gasteiger partial charge in [0.05, 0.1) is 16.7 Å². The summed E-state index contributed by atoms with van der Waals surface area (Å²) in [6.45, 7) is 8.45. The highest BCUT2D eigenvalue weighted by Gasteiger charge is 2.52. The van der Waals surface area contributed by atoms with E-state index in [9.17, 15) is 0 Å². The number of hydrogen-bond acceptors (Lipinski definition) is 4. The lowest BCUT2D eigenvalue weighted by Crippen LogP contribution is -2.41. The molecule has 0 N–H and O–H groups in total. The van der Waals surface area contributed by atoms with Crippen molar-refractivity contribution in [2.75, 3.05) is 13.9 Å². The number of hydrogen-bond donors (Lipinski definition) is 0. The van der Waals surface area contributed by atoms with Gasteiger partial charge in [0.1, 0.15) is 5.75 Å². The molecule has 1 saturated heterocycles. The summed E-state index contributed by atoms with van der Waals surface area (Å²) >= 11 is 0. The molecule has 136 valence electrons. The molecule has 4 rings (SSSR count). The molecule has 2 aromatic heterocycles. The van der Waals surface area contributed by atoms with Gasteiger partial charge in [0.2, 0.25) is 0 Å². The van der Waals surface area contributed by atoms with Crippen molar-refractivity contribution < 1.29 is 18.8 Å². The van der Waals surface area contributed by atoms with Crippen LogP contribution in [0.1, 0.15) is 27.7 Å². The predicted molar refractivity (Wildman–Crippen MR) is 103 cm³/mol. The third kappa shape index (κ3) is 2.69. The summed E-state index contributed by atoms with van der Waals surface area (Å²) in [6, 6.07) is 10.2. The van der Waals surface area contributed by atoms with Crippen LogP contribution in [0.4, 0.5) is 0 Å². The monoisotopic (exact) mass is 353 g/mol. The van der Waals surface area contributed by atoms with Crippen LogP contribution in [0.2, 0.25) is 0 Å². The van der Waals surface area contributed by atoms with E-state index in [2.05, 4.69) is 44.2 Å². The van der Waals surface area contributed by atoms with Crippen LogP contribution in [0.15, 0.2) is 42.7 Å². The van der Waals surface area contributed by atoms with Crippen molar-refractivity contribution in [1.82, 2.24) is 4.40 Å². The standard InChI is InChI=1S/C20H24BNO4/c1-19(2)20(3,4)26-21(25-19)16-12-15(24-13-23-5)11-14-8-10-22-9-6-7-17(22)18(14)16/h6-12H,13H2,1-5H3. The van der Waals surface area contributed by atoms with Gasteiger partial charge in [-0.1, -0.05) is 0 Å². The third-order valence-electron chi connectivity index (χ3n) is 5.47. The Balaban J connectivity index is 1.92. The van der Waals surface area contributed by atoms with Gasteiger partial charge in [0.25, 0.3) is 0 Å².